The number of carboxylic acids is 2. The van der Waals surface area contributed by atoms with Crippen LogP contribution in [-0.2, 0) is 0 Å². The molecule has 0 aliphatic rings. The van der Waals surface area contributed by atoms with Gasteiger partial charge in [0.1, 0.15) is 11.4 Å². The molecule has 176 valence electrons. The Labute approximate surface area is 169 Å². The highest BCUT2D eigenvalue weighted by Gasteiger charge is 2.35. The summed E-state index contributed by atoms with van der Waals surface area (Å²) in [5, 5.41) is 16.8. The fourth-order valence-electron chi connectivity index (χ4n) is 1.84. The van der Waals surface area contributed by atoms with E-state index in [4.69, 9.17) is 10.2 Å². The number of hydrogen-bond donors (Lipinski definition) is 2. The van der Waals surface area contributed by atoms with Gasteiger partial charge < -0.3 is 19.7 Å². The van der Waals surface area contributed by atoms with E-state index >= 15 is 0 Å². The predicted octanol–water partition coefficient (Wildman–Crippen LogP) is 5.12. The Morgan fingerprint density at radius 1 is 0.656 bits per heavy atom. The molecule has 32 heavy (non-hydrogen) atoms. The van der Waals surface area contributed by atoms with Gasteiger partial charge in [-0.2, -0.15) is 0 Å². The molecule has 0 amide bonds. The third-order valence-electron chi connectivity index (χ3n) is 2.92. The smallest absolute Gasteiger partial charge is 0.478 e. The molecule has 0 saturated heterocycles. The Hall–Kier alpha value is -3.72. The van der Waals surface area contributed by atoms with Gasteiger partial charge in [0.25, 0.3) is 0 Å². The van der Waals surface area contributed by atoms with E-state index in [-0.39, 0.29) is 24.3 Å². The van der Waals surface area contributed by atoms with Crippen LogP contribution in [0.2, 0.25) is 0 Å². The first-order chi connectivity index (χ1) is 14.4. The van der Waals surface area contributed by atoms with Crippen LogP contribution in [0.4, 0.5) is 43.9 Å². The third kappa shape index (κ3) is 7.84. The molecule has 2 aromatic carbocycles. The number of carboxylic acid groups (broad SMARTS) is 2. The topological polar surface area (TPSA) is 93.1 Å². The van der Waals surface area contributed by atoms with Gasteiger partial charge in [-0.15, -0.1) is 26.3 Å². The third-order valence-corrected chi connectivity index (χ3v) is 2.92. The molecule has 0 spiro atoms. The number of rotatable bonds is 4. The van der Waals surface area contributed by atoms with Crippen molar-refractivity contribution < 1.29 is 73.2 Å². The molecule has 0 radical (unpaired) electrons. The van der Waals surface area contributed by atoms with Gasteiger partial charge in [-0.1, -0.05) is 0 Å². The summed E-state index contributed by atoms with van der Waals surface area (Å²) >= 11 is 0. The molecule has 2 aromatic rings. The van der Waals surface area contributed by atoms with Crippen LogP contribution in [0.5, 0.6) is 11.5 Å². The summed E-state index contributed by atoms with van der Waals surface area (Å²) in [6.07, 6.45) is -10.5. The number of ether oxygens (including phenoxy) is 2. The van der Waals surface area contributed by atoms with E-state index in [0.717, 1.165) is 0 Å². The van der Waals surface area contributed by atoms with Gasteiger partial charge in [0.05, 0.1) is 5.56 Å². The molecule has 0 aliphatic carbocycles. The van der Waals surface area contributed by atoms with Crippen molar-refractivity contribution in [3.8, 4) is 11.5 Å². The van der Waals surface area contributed by atoms with Crippen molar-refractivity contribution in [3.63, 3.8) is 0 Å². The number of hydrogen-bond acceptors (Lipinski definition) is 4. The fourth-order valence-corrected chi connectivity index (χ4v) is 1.84. The minimum absolute atomic E-state index is 0.0908. The maximum Gasteiger partial charge on any atom is 0.573 e. The summed E-state index contributed by atoms with van der Waals surface area (Å²) in [7, 11) is 0. The summed E-state index contributed by atoms with van der Waals surface area (Å²) in [4.78, 5) is 20.7. The fraction of sp³-hybridized carbons (Fsp3) is 0.125. The average Bonchev–Trinajstić information content (AvgIpc) is 2.58. The minimum Gasteiger partial charge on any atom is -0.478 e. The molecule has 0 aromatic heterocycles. The van der Waals surface area contributed by atoms with Crippen LogP contribution in [0.15, 0.2) is 24.3 Å². The summed E-state index contributed by atoms with van der Waals surface area (Å²) in [5.74, 6) is -13.4. The van der Waals surface area contributed by atoms with Crippen molar-refractivity contribution in [2.24, 2.45) is 0 Å². The number of carbonyl (C=O) groups is 2. The molecule has 2 rings (SSSR count). The number of benzene rings is 2. The second kappa shape index (κ2) is 9.61. The quantitative estimate of drug-likeness (QED) is 0.586. The molecule has 0 bridgehead atoms. The molecular formula is C16H6F10O6. The summed E-state index contributed by atoms with van der Waals surface area (Å²) in [6.45, 7) is 0. The second-order valence-electron chi connectivity index (χ2n) is 5.24. The van der Waals surface area contributed by atoms with E-state index in [1.165, 1.54) is 0 Å². The van der Waals surface area contributed by atoms with E-state index in [0.29, 0.717) is 0 Å². The van der Waals surface area contributed by atoms with Crippen LogP contribution >= 0.6 is 0 Å². The largest absolute Gasteiger partial charge is 0.573 e. The number of aromatic carboxylic acids is 2. The van der Waals surface area contributed by atoms with Crippen molar-refractivity contribution in [2.75, 3.05) is 0 Å². The van der Waals surface area contributed by atoms with Gasteiger partial charge in [0.15, 0.2) is 23.2 Å². The van der Waals surface area contributed by atoms with Crippen LogP contribution in [0.1, 0.15) is 20.7 Å². The maximum atomic E-state index is 12.9. The normalized spacial score (nSPS) is 11.3. The molecule has 0 unspecified atom stereocenters. The SMILES string of the molecule is O=C(O)c1cc(F)c(OC(F)(F)F)c(F)c1.O=C(O)c1cc(F)cc(F)c1OC(F)(F)F. The van der Waals surface area contributed by atoms with Crippen LogP contribution < -0.4 is 9.47 Å². The first kappa shape index (κ1) is 26.3. The van der Waals surface area contributed by atoms with E-state index in [9.17, 15) is 53.5 Å². The highest BCUT2D eigenvalue weighted by Crippen LogP contribution is 2.31. The van der Waals surface area contributed by atoms with Crippen LogP contribution in [0, 0.1) is 23.3 Å². The summed E-state index contributed by atoms with van der Waals surface area (Å²) in [6, 6.07) is 0.777. The highest BCUT2D eigenvalue weighted by molar-refractivity contribution is 5.91. The maximum absolute atomic E-state index is 12.9. The zero-order valence-electron chi connectivity index (χ0n) is 14.6. The number of halogens is 10. The zero-order valence-corrected chi connectivity index (χ0v) is 14.6. The molecule has 0 aliphatic heterocycles. The highest BCUT2D eigenvalue weighted by atomic mass is 19.4. The van der Waals surface area contributed by atoms with Crippen molar-refractivity contribution in [1.82, 2.24) is 0 Å². The summed E-state index contributed by atoms with van der Waals surface area (Å²) < 4.78 is 128. The summed E-state index contributed by atoms with van der Waals surface area (Å²) in [5.41, 5.74) is -2.06. The van der Waals surface area contributed by atoms with E-state index in [1.54, 1.807) is 0 Å². The Morgan fingerprint density at radius 2 is 1.06 bits per heavy atom. The van der Waals surface area contributed by atoms with Crippen molar-refractivity contribution in [2.45, 2.75) is 12.7 Å². The minimum atomic E-state index is -5.26. The van der Waals surface area contributed by atoms with Gasteiger partial charge in [0.2, 0.25) is 5.75 Å². The first-order valence-corrected chi connectivity index (χ1v) is 7.37. The van der Waals surface area contributed by atoms with Gasteiger partial charge >= 0.3 is 24.7 Å². The van der Waals surface area contributed by atoms with E-state index in [1.807, 2.05) is 0 Å². The molecule has 0 fully saturated rings. The van der Waals surface area contributed by atoms with Crippen LogP contribution in [0.3, 0.4) is 0 Å². The monoisotopic (exact) mass is 484 g/mol. The lowest BCUT2D eigenvalue weighted by Crippen LogP contribution is -2.20. The molecule has 16 heteroatoms. The zero-order chi connectivity index (χ0) is 25.0. The van der Waals surface area contributed by atoms with Gasteiger partial charge in [-0.05, 0) is 18.2 Å². The molecule has 0 heterocycles. The Balaban J connectivity index is 0.000000320. The van der Waals surface area contributed by atoms with Gasteiger partial charge in [-0.25, -0.2) is 27.2 Å². The Bertz CT molecular complexity index is 993. The number of alkyl halides is 6. The molecule has 2 N–H and O–H groups in total. The van der Waals surface area contributed by atoms with Crippen LogP contribution in [0.25, 0.3) is 0 Å². The molecule has 6 nitrogen and oxygen atoms in total. The van der Waals surface area contributed by atoms with Gasteiger partial charge in [0, 0.05) is 6.07 Å². The Kier molecular flexibility index (Phi) is 7.90. The molecular weight excluding hydrogens is 478 g/mol. The van der Waals surface area contributed by atoms with Crippen molar-refractivity contribution >= 4 is 11.9 Å². The lowest BCUT2D eigenvalue weighted by atomic mass is 10.2. The van der Waals surface area contributed by atoms with Gasteiger partial charge in [-0.3, -0.25) is 0 Å². The standard InChI is InChI=1S/2C8H3F5O3/c9-3-1-4(7(14)15)6(5(10)2-3)16-8(11,12)13;9-4-1-3(7(14)15)2-5(10)6(4)16-8(11,12)13/h2*1-2H,(H,14,15). The van der Waals surface area contributed by atoms with Crippen LogP contribution in [-0.4, -0.2) is 34.9 Å². The predicted molar refractivity (Wildman–Crippen MR) is 80.0 cm³/mol. The van der Waals surface area contributed by atoms with E-state index < -0.39 is 70.6 Å². The van der Waals surface area contributed by atoms with Crippen molar-refractivity contribution in [1.29, 1.82) is 0 Å². The second-order valence-corrected chi connectivity index (χ2v) is 5.24. The average molecular weight is 484 g/mol. The van der Waals surface area contributed by atoms with E-state index in [2.05, 4.69) is 9.47 Å². The molecule has 0 saturated carbocycles. The van der Waals surface area contributed by atoms with Crippen molar-refractivity contribution in [3.05, 3.63) is 58.7 Å². The first-order valence-electron chi connectivity index (χ1n) is 7.37. The lowest BCUT2D eigenvalue weighted by molar-refractivity contribution is -0.277. The molecule has 0 atom stereocenters. The Morgan fingerprint density at radius 3 is 1.44 bits per heavy atom. The lowest BCUT2D eigenvalue weighted by Gasteiger charge is -2.11.